The van der Waals surface area contributed by atoms with Crippen LogP contribution in [0.5, 0.6) is 0 Å². The van der Waals surface area contributed by atoms with Crippen molar-refractivity contribution in [2.45, 2.75) is 6.42 Å². The van der Waals surface area contributed by atoms with Crippen molar-refractivity contribution < 1.29 is 0 Å². The van der Waals surface area contributed by atoms with Crippen molar-refractivity contribution in [1.82, 2.24) is 0 Å². The SMILES string of the molecule is [C-]#[N+]CCC(C#N)C#N. The quantitative estimate of drug-likeness (QED) is 0.508. The van der Waals surface area contributed by atoms with Crippen molar-refractivity contribution >= 4 is 0 Å². The molecule has 3 heteroatoms. The largest absolute Gasteiger partial charge is 0.317 e. The van der Waals surface area contributed by atoms with E-state index in [1.165, 1.54) is 0 Å². The van der Waals surface area contributed by atoms with Gasteiger partial charge in [0, 0.05) is 6.42 Å². The molecule has 0 aliphatic rings. The molecular weight excluding hydrogens is 114 g/mol. The van der Waals surface area contributed by atoms with Gasteiger partial charge in [0.15, 0.2) is 0 Å². The third-order valence-corrected chi connectivity index (χ3v) is 0.841. The third-order valence-electron chi connectivity index (χ3n) is 0.841. The Morgan fingerprint density at radius 3 is 2.33 bits per heavy atom. The Balaban J connectivity index is 3.54. The van der Waals surface area contributed by atoms with Crippen molar-refractivity contribution in [1.29, 1.82) is 10.5 Å². The lowest BCUT2D eigenvalue weighted by atomic mass is 10.1. The monoisotopic (exact) mass is 119 g/mol. The standard InChI is InChI=1S/C6H5N3/c1-9-3-2-6(4-7)5-8/h6H,2-3H2. The number of nitrogens with zero attached hydrogens (tertiary/aromatic N) is 3. The minimum atomic E-state index is -0.598. The van der Waals surface area contributed by atoms with Crippen LogP contribution in [-0.2, 0) is 0 Å². The summed E-state index contributed by atoms with van der Waals surface area (Å²) in [5.74, 6) is -0.598. The van der Waals surface area contributed by atoms with Crippen LogP contribution in [0.25, 0.3) is 4.85 Å². The molecule has 0 aromatic carbocycles. The van der Waals surface area contributed by atoms with Crippen molar-refractivity contribution in [3.05, 3.63) is 11.4 Å². The van der Waals surface area contributed by atoms with Gasteiger partial charge in [0.25, 0.3) is 0 Å². The molecule has 0 atom stereocenters. The van der Waals surface area contributed by atoms with Crippen LogP contribution in [0.3, 0.4) is 0 Å². The first-order valence-electron chi connectivity index (χ1n) is 2.47. The fourth-order valence-corrected chi connectivity index (χ4v) is 0.352. The van der Waals surface area contributed by atoms with Crippen molar-refractivity contribution in [3.63, 3.8) is 0 Å². The van der Waals surface area contributed by atoms with Gasteiger partial charge in [-0.05, 0) is 0 Å². The summed E-state index contributed by atoms with van der Waals surface area (Å²) < 4.78 is 0. The van der Waals surface area contributed by atoms with Gasteiger partial charge in [0.05, 0.1) is 12.1 Å². The topological polar surface area (TPSA) is 51.9 Å². The summed E-state index contributed by atoms with van der Waals surface area (Å²) in [5, 5.41) is 16.4. The summed E-state index contributed by atoms with van der Waals surface area (Å²) in [7, 11) is 0. The molecular formula is C6H5N3. The van der Waals surface area contributed by atoms with E-state index in [9.17, 15) is 0 Å². The molecule has 44 valence electrons. The van der Waals surface area contributed by atoms with E-state index in [1.54, 1.807) is 12.1 Å². The van der Waals surface area contributed by atoms with Crippen LogP contribution >= 0.6 is 0 Å². The van der Waals surface area contributed by atoms with Crippen LogP contribution in [0.15, 0.2) is 0 Å². The molecule has 9 heavy (non-hydrogen) atoms. The molecule has 0 N–H and O–H groups in total. The predicted molar refractivity (Wildman–Crippen MR) is 30.8 cm³/mol. The van der Waals surface area contributed by atoms with Gasteiger partial charge in [-0.25, -0.2) is 6.57 Å². The van der Waals surface area contributed by atoms with E-state index >= 15 is 0 Å². The average molecular weight is 119 g/mol. The van der Waals surface area contributed by atoms with Gasteiger partial charge in [0.2, 0.25) is 6.54 Å². The van der Waals surface area contributed by atoms with Crippen LogP contribution in [0.4, 0.5) is 0 Å². The first-order chi connectivity index (χ1) is 4.35. The van der Waals surface area contributed by atoms with Crippen molar-refractivity contribution in [2.24, 2.45) is 5.92 Å². The van der Waals surface area contributed by atoms with Crippen LogP contribution in [-0.4, -0.2) is 6.54 Å². The Labute approximate surface area is 54.0 Å². The van der Waals surface area contributed by atoms with E-state index in [-0.39, 0.29) is 6.54 Å². The molecule has 0 fully saturated rings. The van der Waals surface area contributed by atoms with E-state index < -0.39 is 5.92 Å². The zero-order chi connectivity index (χ0) is 7.11. The summed E-state index contributed by atoms with van der Waals surface area (Å²) in [6, 6.07) is 3.56. The van der Waals surface area contributed by atoms with Gasteiger partial charge in [-0.1, -0.05) is 0 Å². The highest BCUT2D eigenvalue weighted by Gasteiger charge is 2.04. The average Bonchev–Trinajstić information content (AvgIpc) is 1.91. The maximum Gasteiger partial charge on any atom is 0.217 e. The number of hydrogen-bond acceptors (Lipinski definition) is 2. The highest BCUT2D eigenvalue weighted by molar-refractivity contribution is 4.99. The van der Waals surface area contributed by atoms with E-state index in [0.717, 1.165) is 0 Å². The fourth-order valence-electron chi connectivity index (χ4n) is 0.352. The summed E-state index contributed by atoms with van der Waals surface area (Å²) in [4.78, 5) is 3.02. The minimum absolute atomic E-state index is 0.270. The normalized spacial score (nSPS) is 7.33. The van der Waals surface area contributed by atoms with Gasteiger partial charge in [0.1, 0.15) is 5.92 Å². The van der Waals surface area contributed by atoms with Crippen LogP contribution in [0.2, 0.25) is 0 Å². The van der Waals surface area contributed by atoms with Crippen LogP contribution in [0, 0.1) is 35.2 Å². The Bertz CT molecular complexity index is 174. The number of hydrogen-bond donors (Lipinski definition) is 0. The maximum atomic E-state index is 8.18. The van der Waals surface area contributed by atoms with Gasteiger partial charge in [-0.3, -0.25) is 0 Å². The summed E-state index contributed by atoms with van der Waals surface area (Å²) >= 11 is 0. The molecule has 0 saturated carbocycles. The van der Waals surface area contributed by atoms with Gasteiger partial charge in [-0.15, -0.1) is 0 Å². The second-order valence-corrected chi connectivity index (χ2v) is 1.48. The summed E-state index contributed by atoms with van der Waals surface area (Å²) in [6.45, 7) is 6.62. The third kappa shape index (κ3) is 3.09. The summed E-state index contributed by atoms with van der Waals surface area (Å²) in [5.41, 5.74) is 0. The highest BCUT2D eigenvalue weighted by atomic mass is 14.6. The first-order valence-corrected chi connectivity index (χ1v) is 2.47. The first kappa shape index (κ1) is 7.47. The fraction of sp³-hybridized carbons (Fsp3) is 0.500. The molecule has 0 amide bonds. The van der Waals surface area contributed by atoms with Gasteiger partial charge in [-0.2, -0.15) is 10.5 Å². The Kier molecular flexibility index (Phi) is 3.84. The Morgan fingerprint density at radius 2 is 2.00 bits per heavy atom. The zero-order valence-electron chi connectivity index (χ0n) is 4.83. The molecule has 0 rings (SSSR count). The molecule has 0 aromatic rings. The lowest BCUT2D eigenvalue weighted by molar-refractivity contribution is 0.783. The smallest absolute Gasteiger partial charge is 0.217 e. The molecule has 0 radical (unpaired) electrons. The van der Waals surface area contributed by atoms with E-state index in [4.69, 9.17) is 17.1 Å². The Morgan fingerprint density at radius 1 is 1.44 bits per heavy atom. The molecule has 0 aromatic heterocycles. The zero-order valence-corrected chi connectivity index (χ0v) is 4.83. The minimum Gasteiger partial charge on any atom is -0.317 e. The van der Waals surface area contributed by atoms with Crippen LogP contribution < -0.4 is 0 Å². The molecule has 0 saturated heterocycles. The molecule has 3 nitrogen and oxygen atoms in total. The van der Waals surface area contributed by atoms with Gasteiger partial charge < -0.3 is 4.85 Å². The second-order valence-electron chi connectivity index (χ2n) is 1.48. The summed E-state index contributed by atoms with van der Waals surface area (Å²) in [6.07, 6.45) is 0.372. The van der Waals surface area contributed by atoms with E-state index in [0.29, 0.717) is 6.42 Å². The molecule has 0 spiro atoms. The number of rotatable bonds is 2. The molecule has 0 aliphatic heterocycles. The van der Waals surface area contributed by atoms with Crippen molar-refractivity contribution in [2.75, 3.05) is 6.54 Å². The molecule has 0 heterocycles. The molecule has 0 bridgehead atoms. The van der Waals surface area contributed by atoms with E-state index in [2.05, 4.69) is 4.85 Å². The van der Waals surface area contributed by atoms with Gasteiger partial charge >= 0.3 is 0 Å². The molecule has 0 unspecified atom stereocenters. The maximum absolute atomic E-state index is 8.18. The second kappa shape index (κ2) is 4.62. The lowest BCUT2D eigenvalue weighted by Gasteiger charge is -1.86. The van der Waals surface area contributed by atoms with Crippen LogP contribution in [0.1, 0.15) is 6.42 Å². The molecule has 0 aliphatic carbocycles. The van der Waals surface area contributed by atoms with Crippen molar-refractivity contribution in [3.8, 4) is 12.1 Å². The lowest BCUT2D eigenvalue weighted by Crippen LogP contribution is -1.93. The Hall–Kier alpha value is -1.53. The number of nitriles is 2. The predicted octanol–water partition coefficient (Wildman–Crippen LogP) is 0.959. The van der Waals surface area contributed by atoms with E-state index in [1.807, 2.05) is 0 Å². The highest BCUT2D eigenvalue weighted by Crippen LogP contribution is 1.97.